The molecule has 0 aliphatic carbocycles. The summed E-state index contributed by atoms with van der Waals surface area (Å²) in [4.78, 5) is 10.7. The summed E-state index contributed by atoms with van der Waals surface area (Å²) in [6, 6.07) is 10.0. The van der Waals surface area contributed by atoms with E-state index in [-0.39, 0.29) is 6.61 Å². The number of hydrogen-bond acceptors (Lipinski definition) is 3. The standard InChI is InChI=1S/C13H18O4/c1-16-10-12(13(14)15)17-9-5-8-11-6-3-2-4-7-11/h2-4,6-7,12H,5,8-10H2,1H3,(H,14,15). The second-order valence-electron chi connectivity index (χ2n) is 3.74. The van der Waals surface area contributed by atoms with Gasteiger partial charge in [-0.1, -0.05) is 30.3 Å². The largest absolute Gasteiger partial charge is 0.479 e. The molecule has 0 radical (unpaired) electrons. The van der Waals surface area contributed by atoms with E-state index in [2.05, 4.69) is 0 Å². The Bertz CT molecular complexity index is 323. The van der Waals surface area contributed by atoms with Crippen LogP contribution in [0.25, 0.3) is 0 Å². The fourth-order valence-corrected chi connectivity index (χ4v) is 1.49. The van der Waals surface area contributed by atoms with Crippen molar-refractivity contribution in [1.29, 1.82) is 0 Å². The molecule has 0 bridgehead atoms. The highest BCUT2D eigenvalue weighted by Crippen LogP contribution is 2.03. The number of benzene rings is 1. The van der Waals surface area contributed by atoms with Crippen LogP contribution < -0.4 is 0 Å². The molecule has 4 nitrogen and oxygen atoms in total. The van der Waals surface area contributed by atoms with Crippen molar-refractivity contribution in [3.05, 3.63) is 35.9 Å². The number of hydrogen-bond donors (Lipinski definition) is 1. The minimum Gasteiger partial charge on any atom is -0.479 e. The lowest BCUT2D eigenvalue weighted by molar-refractivity contribution is -0.153. The molecule has 0 aliphatic rings. The summed E-state index contributed by atoms with van der Waals surface area (Å²) in [7, 11) is 1.46. The molecule has 0 aliphatic heterocycles. The fraction of sp³-hybridized carbons (Fsp3) is 0.462. The third kappa shape index (κ3) is 5.47. The molecule has 94 valence electrons. The second kappa shape index (κ2) is 7.81. The van der Waals surface area contributed by atoms with Crippen LogP contribution in [0.15, 0.2) is 30.3 Å². The molecule has 17 heavy (non-hydrogen) atoms. The van der Waals surface area contributed by atoms with Gasteiger partial charge in [-0.3, -0.25) is 0 Å². The first-order valence-corrected chi connectivity index (χ1v) is 5.61. The van der Waals surface area contributed by atoms with Gasteiger partial charge in [0, 0.05) is 13.7 Å². The van der Waals surface area contributed by atoms with E-state index in [1.165, 1.54) is 12.7 Å². The lowest BCUT2D eigenvalue weighted by Gasteiger charge is -2.12. The molecular formula is C13H18O4. The Morgan fingerprint density at radius 3 is 2.65 bits per heavy atom. The lowest BCUT2D eigenvalue weighted by atomic mass is 10.1. The predicted octanol–water partition coefficient (Wildman–Crippen LogP) is 1.74. The van der Waals surface area contributed by atoms with Gasteiger partial charge in [0.05, 0.1) is 6.61 Å². The van der Waals surface area contributed by atoms with E-state index < -0.39 is 12.1 Å². The van der Waals surface area contributed by atoms with Crippen LogP contribution in [0.1, 0.15) is 12.0 Å². The Morgan fingerprint density at radius 1 is 1.35 bits per heavy atom. The summed E-state index contributed by atoms with van der Waals surface area (Å²) < 4.78 is 10.0. The van der Waals surface area contributed by atoms with Gasteiger partial charge >= 0.3 is 5.97 Å². The topological polar surface area (TPSA) is 55.8 Å². The van der Waals surface area contributed by atoms with Gasteiger partial charge in [-0.25, -0.2) is 4.79 Å². The molecule has 4 heteroatoms. The van der Waals surface area contributed by atoms with E-state index in [0.29, 0.717) is 6.61 Å². The van der Waals surface area contributed by atoms with E-state index >= 15 is 0 Å². The number of carbonyl (C=O) groups is 1. The van der Waals surface area contributed by atoms with Crippen LogP contribution in [0.4, 0.5) is 0 Å². The van der Waals surface area contributed by atoms with E-state index in [1.54, 1.807) is 0 Å². The molecule has 0 fully saturated rings. The van der Waals surface area contributed by atoms with Crippen LogP contribution in [-0.2, 0) is 20.7 Å². The van der Waals surface area contributed by atoms with Gasteiger partial charge in [0.25, 0.3) is 0 Å². The van der Waals surface area contributed by atoms with E-state index in [4.69, 9.17) is 14.6 Å². The zero-order valence-electron chi connectivity index (χ0n) is 9.96. The normalized spacial score (nSPS) is 12.3. The number of aliphatic carboxylic acids is 1. The average molecular weight is 238 g/mol. The van der Waals surface area contributed by atoms with Crippen molar-refractivity contribution >= 4 is 5.97 Å². The highest BCUT2D eigenvalue weighted by atomic mass is 16.5. The van der Waals surface area contributed by atoms with Gasteiger partial charge in [0.15, 0.2) is 6.10 Å². The minimum atomic E-state index is -0.980. The molecule has 0 aromatic heterocycles. The lowest BCUT2D eigenvalue weighted by Crippen LogP contribution is -2.29. The maximum absolute atomic E-state index is 10.7. The molecule has 1 rings (SSSR count). The Balaban J connectivity index is 2.20. The Kier molecular flexibility index (Phi) is 6.29. The molecule has 0 spiro atoms. The first kappa shape index (κ1) is 13.7. The maximum atomic E-state index is 10.7. The van der Waals surface area contributed by atoms with Gasteiger partial charge in [-0.2, -0.15) is 0 Å². The highest BCUT2D eigenvalue weighted by molar-refractivity contribution is 5.72. The molecule has 1 aromatic rings. The van der Waals surface area contributed by atoms with E-state index in [0.717, 1.165) is 12.8 Å². The van der Waals surface area contributed by atoms with Crippen molar-refractivity contribution in [2.45, 2.75) is 18.9 Å². The number of aryl methyl sites for hydroxylation is 1. The quantitative estimate of drug-likeness (QED) is 0.701. The molecule has 0 saturated carbocycles. The number of methoxy groups -OCH3 is 1. The summed E-state index contributed by atoms with van der Waals surface area (Å²) in [6.07, 6.45) is 0.827. The van der Waals surface area contributed by atoms with Crippen LogP contribution in [0.3, 0.4) is 0 Å². The fourth-order valence-electron chi connectivity index (χ4n) is 1.49. The van der Waals surface area contributed by atoms with Gasteiger partial charge in [-0.15, -0.1) is 0 Å². The van der Waals surface area contributed by atoms with Crippen LogP contribution in [0.5, 0.6) is 0 Å². The summed E-state index contributed by atoms with van der Waals surface area (Å²) >= 11 is 0. The Morgan fingerprint density at radius 2 is 2.06 bits per heavy atom. The zero-order valence-corrected chi connectivity index (χ0v) is 9.96. The smallest absolute Gasteiger partial charge is 0.335 e. The molecule has 1 aromatic carbocycles. The van der Waals surface area contributed by atoms with Gasteiger partial charge < -0.3 is 14.6 Å². The van der Waals surface area contributed by atoms with Crippen molar-refractivity contribution in [1.82, 2.24) is 0 Å². The van der Waals surface area contributed by atoms with Crippen molar-refractivity contribution in [2.24, 2.45) is 0 Å². The molecule has 0 amide bonds. The summed E-state index contributed by atoms with van der Waals surface area (Å²) in [5, 5.41) is 8.82. The van der Waals surface area contributed by atoms with Crippen molar-refractivity contribution < 1.29 is 19.4 Å². The monoisotopic (exact) mass is 238 g/mol. The maximum Gasteiger partial charge on any atom is 0.335 e. The summed E-state index contributed by atoms with van der Waals surface area (Å²) in [6.45, 7) is 0.510. The zero-order chi connectivity index (χ0) is 12.5. The van der Waals surface area contributed by atoms with Gasteiger partial charge in [0.2, 0.25) is 0 Å². The Labute approximate surface area is 101 Å². The number of carboxylic acids is 1. The minimum absolute atomic E-state index is 0.0840. The van der Waals surface area contributed by atoms with Crippen LogP contribution >= 0.6 is 0 Å². The third-order valence-corrected chi connectivity index (χ3v) is 2.37. The predicted molar refractivity (Wildman–Crippen MR) is 64.0 cm³/mol. The molecular weight excluding hydrogens is 220 g/mol. The number of rotatable bonds is 8. The molecule has 1 N–H and O–H groups in total. The van der Waals surface area contributed by atoms with Crippen LogP contribution in [0, 0.1) is 0 Å². The molecule has 1 unspecified atom stereocenters. The van der Waals surface area contributed by atoms with Crippen LogP contribution in [0.2, 0.25) is 0 Å². The summed E-state index contributed by atoms with van der Waals surface area (Å²) in [5.41, 5.74) is 1.23. The van der Waals surface area contributed by atoms with Crippen molar-refractivity contribution in [2.75, 3.05) is 20.3 Å². The number of ether oxygens (including phenoxy) is 2. The second-order valence-corrected chi connectivity index (χ2v) is 3.74. The number of carboxylic acid groups (broad SMARTS) is 1. The first-order valence-electron chi connectivity index (χ1n) is 5.61. The highest BCUT2D eigenvalue weighted by Gasteiger charge is 2.16. The van der Waals surface area contributed by atoms with Crippen LogP contribution in [-0.4, -0.2) is 37.5 Å². The molecule has 0 saturated heterocycles. The average Bonchev–Trinajstić information content (AvgIpc) is 2.34. The van der Waals surface area contributed by atoms with Gasteiger partial charge in [-0.05, 0) is 18.4 Å². The molecule has 0 heterocycles. The van der Waals surface area contributed by atoms with E-state index in [1.807, 2.05) is 30.3 Å². The van der Waals surface area contributed by atoms with Gasteiger partial charge in [0.1, 0.15) is 0 Å². The Hall–Kier alpha value is -1.39. The third-order valence-electron chi connectivity index (χ3n) is 2.37. The van der Waals surface area contributed by atoms with Crippen molar-refractivity contribution in [3.63, 3.8) is 0 Å². The SMILES string of the molecule is COCC(OCCCc1ccccc1)C(=O)O. The summed E-state index contributed by atoms with van der Waals surface area (Å²) in [5.74, 6) is -0.980. The first-order chi connectivity index (χ1) is 8.24. The molecule has 1 atom stereocenters. The van der Waals surface area contributed by atoms with E-state index in [9.17, 15) is 4.79 Å². The van der Waals surface area contributed by atoms with Crippen molar-refractivity contribution in [3.8, 4) is 0 Å².